The SMILES string of the molecule is CSc1ccc(COC(=O)c2ccc3c(c2)C(=O)N(c2ccccc2C)C3=O)cc1. The van der Waals surface area contributed by atoms with Gasteiger partial charge in [-0.3, -0.25) is 9.59 Å². The van der Waals surface area contributed by atoms with Crippen LogP contribution in [0.25, 0.3) is 0 Å². The van der Waals surface area contributed by atoms with Gasteiger partial charge < -0.3 is 4.74 Å². The highest BCUT2D eigenvalue weighted by molar-refractivity contribution is 7.98. The number of hydrogen-bond donors (Lipinski definition) is 0. The normalized spacial score (nSPS) is 12.8. The summed E-state index contributed by atoms with van der Waals surface area (Å²) in [6.45, 7) is 1.97. The first-order valence-corrected chi connectivity index (χ1v) is 10.6. The van der Waals surface area contributed by atoms with Crippen LogP contribution in [0, 0.1) is 6.92 Å². The number of hydrogen-bond acceptors (Lipinski definition) is 5. The Labute approximate surface area is 178 Å². The molecule has 3 aromatic carbocycles. The largest absolute Gasteiger partial charge is 0.457 e. The van der Waals surface area contributed by atoms with Crippen molar-refractivity contribution >= 4 is 35.2 Å². The molecule has 5 nitrogen and oxygen atoms in total. The van der Waals surface area contributed by atoms with Crippen LogP contribution in [0.5, 0.6) is 0 Å². The first-order chi connectivity index (χ1) is 14.5. The summed E-state index contributed by atoms with van der Waals surface area (Å²) in [5, 5.41) is 0. The monoisotopic (exact) mass is 417 g/mol. The van der Waals surface area contributed by atoms with Crippen molar-refractivity contribution in [2.75, 3.05) is 11.2 Å². The summed E-state index contributed by atoms with van der Waals surface area (Å²) in [7, 11) is 0. The topological polar surface area (TPSA) is 63.7 Å². The quantitative estimate of drug-likeness (QED) is 0.337. The zero-order valence-electron chi connectivity index (χ0n) is 16.5. The van der Waals surface area contributed by atoms with Crippen molar-refractivity contribution in [3.63, 3.8) is 0 Å². The van der Waals surface area contributed by atoms with Gasteiger partial charge in [0.15, 0.2) is 0 Å². The predicted octanol–water partition coefficient (Wildman–Crippen LogP) is 4.87. The summed E-state index contributed by atoms with van der Waals surface area (Å²) >= 11 is 1.64. The van der Waals surface area contributed by atoms with Crippen molar-refractivity contribution < 1.29 is 19.1 Å². The van der Waals surface area contributed by atoms with Crippen LogP contribution in [0.4, 0.5) is 5.69 Å². The third-order valence-electron chi connectivity index (χ3n) is 5.01. The molecule has 1 aliphatic rings. The fraction of sp³-hybridized carbons (Fsp3) is 0.125. The maximum Gasteiger partial charge on any atom is 0.338 e. The van der Waals surface area contributed by atoms with Crippen molar-refractivity contribution in [3.05, 3.63) is 94.5 Å². The maximum absolute atomic E-state index is 12.9. The van der Waals surface area contributed by atoms with E-state index >= 15 is 0 Å². The second kappa shape index (κ2) is 8.16. The Kier molecular flexibility index (Phi) is 5.42. The molecular formula is C24H19NO4S. The number of thioether (sulfide) groups is 1. The van der Waals surface area contributed by atoms with E-state index in [4.69, 9.17) is 4.74 Å². The predicted molar refractivity (Wildman–Crippen MR) is 116 cm³/mol. The number of para-hydroxylation sites is 1. The molecule has 0 radical (unpaired) electrons. The lowest BCUT2D eigenvalue weighted by Gasteiger charge is -2.16. The molecule has 6 heteroatoms. The van der Waals surface area contributed by atoms with Gasteiger partial charge in [0.1, 0.15) is 6.61 Å². The Morgan fingerprint density at radius 2 is 1.63 bits per heavy atom. The van der Waals surface area contributed by atoms with Crippen molar-refractivity contribution in [2.24, 2.45) is 0 Å². The number of ether oxygens (including phenoxy) is 1. The van der Waals surface area contributed by atoms with E-state index in [1.807, 2.05) is 49.6 Å². The molecular weight excluding hydrogens is 398 g/mol. The zero-order chi connectivity index (χ0) is 21.3. The second-order valence-electron chi connectivity index (χ2n) is 6.92. The lowest BCUT2D eigenvalue weighted by Crippen LogP contribution is -2.29. The average Bonchev–Trinajstić information content (AvgIpc) is 3.02. The van der Waals surface area contributed by atoms with Crippen LogP contribution in [-0.2, 0) is 11.3 Å². The van der Waals surface area contributed by atoms with E-state index in [0.717, 1.165) is 20.9 Å². The highest BCUT2D eigenvalue weighted by Crippen LogP contribution is 2.31. The molecule has 1 heterocycles. The van der Waals surface area contributed by atoms with Crippen molar-refractivity contribution in [2.45, 2.75) is 18.4 Å². The summed E-state index contributed by atoms with van der Waals surface area (Å²) < 4.78 is 5.38. The highest BCUT2D eigenvalue weighted by atomic mass is 32.2. The first-order valence-electron chi connectivity index (χ1n) is 9.38. The van der Waals surface area contributed by atoms with Crippen LogP contribution < -0.4 is 4.90 Å². The van der Waals surface area contributed by atoms with E-state index in [-0.39, 0.29) is 23.3 Å². The number of carbonyl (C=O) groups is 3. The average molecular weight is 417 g/mol. The number of esters is 1. The van der Waals surface area contributed by atoms with E-state index in [2.05, 4.69) is 0 Å². The van der Waals surface area contributed by atoms with E-state index < -0.39 is 17.8 Å². The summed E-state index contributed by atoms with van der Waals surface area (Å²) in [6.07, 6.45) is 2.00. The minimum absolute atomic E-state index is 0.132. The van der Waals surface area contributed by atoms with Gasteiger partial charge in [-0.25, -0.2) is 9.69 Å². The molecule has 2 amide bonds. The number of carbonyl (C=O) groups excluding carboxylic acids is 3. The Balaban J connectivity index is 1.53. The zero-order valence-corrected chi connectivity index (χ0v) is 17.4. The summed E-state index contributed by atoms with van der Waals surface area (Å²) in [5.74, 6) is -1.37. The van der Waals surface area contributed by atoms with Crippen LogP contribution in [-0.4, -0.2) is 24.0 Å². The van der Waals surface area contributed by atoms with Crippen molar-refractivity contribution in [1.82, 2.24) is 0 Å². The lowest BCUT2D eigenvalue weighted by atomic mass is 10.1. The Morgan fingerprint density at radius 3 is 2.33 bits per heavy atom. The number of amides is 2. The van der Waals surface area contributed by atoms with E-state index in [0.29, 0.717) is 5.69 Å². The van der Waals surface area contributed by atoms with Gasteiger partial charge >= 0.3 is 5.97 Å². The molecule has 0 saturated heterocycles. The van der Waals surface area contributed by atoms with E-state index in [9.17, 15) is 14.4 Å². The number of imide groups is 1. The number of rotatable bonds is 5. The summed E-state index contributed by atoms with van der Waals surface area (Å²) in [5.41, 5.74) is 2.97. The molecule has 0 fully saturated rings. The molecule has 4 rings (SSSR count). The Bertz CT molecular complexity index is 1150. The molecule has 0 N–H and O–H groups in total. The maximum atomic E-state index is 12.9. The molecule has 0 saturated carbocycles. The van der Waals surface area contributed by atoms with Crippen LogP contribution in [0.15, 0.2) is 71.6 Å². The smallest absolute Gasteiger partial charge is 0.338 e. The van der Waals surface area contributed by atoms with E-state index in [1.165, 1.54) is 18.2 Å². The molecule has 0 aliphatic carbocycles. The molecule has 0 spiro atoms. The first kappa shape index (κ1) is 19.9. The third-order valence-corrected chi connectivity index (χ3v) is 5.75. The van der Waals surface area contributed by atoms with Crippen LogP contribution in [0.2, 0.25) is 0 Å². The summed E-state index contributed by atoms with van der Waals surface area (Å²) in [4.78, 5) is 40.5. The highest BCUT2D eigenvalue weighted by Gasteiger charge is 2.37. The minimum atomic E-state index is -0.540. The van der Waals surface area contributed by atoms with Gasteiger partial charge in [-0.2, -0.15) is 0 Å². The number of aryl methyl sites for hydroxylation is 1. The van der Waals surface area contributed by atoms with Crippen LogP contribution in [0.3, 0.4) is 0 Å². The van der Waals surface area contributed by atoms with Gasteiger partial charge in [0, 0.05) is 4.90 Å². The van der Waals surface area contributed by atoms with Crippen LogP contribution >= 0.6 is 11.8 Å². The molecule has 0 unspecified atom stereocenters. The van der Waals surface area contributed by atoms with Gasteiger partial charge in [-0.1, -0.05) is 30.3 Å². The standard InChI is InChI=1S/C24H19NO4S/c1-15-5-3-4-6-21(15)25-22(26)19-12-9-17(13-20(19)23(25)27)24(28)29-14-16-7-10-18(30-2)11-8-16/h3-13H,14H2,1-2H3. The Hall–Kier alpha value is -3.38. The second-order valence-corrected chi connectivity index (χ2v) is 7.80. The molecule has 0 aromatic heterocycles. The molecule has 30 heavy (non-hydrogen) atoms. The molecule has 0 atom stereocenters. The number of benzene rings is 3. The fourth-order valence-electron chi connectivity index (χ4n) is 3.35. The number of nitrogens with zero attached hydrogens (tertiary/aromatic N) is 1. The molecule has 1 aliphatic heterocycles. The minimum Gasteiger partial charge on any atom is -0.457 e. The fourth-order valence-corrected chi connectivity index (χ4v) is 3.76. The molecule has 150 valence electrons. The van der Waals surface area contributed by atoms with Gasteiger partial charge in [-0.05, 0) is 60.7 Å². The third kappa shape index (κ3) is 3.62. The van der Waals surface area contributed by atoms with Crippen molar-refractivity contribution in [3.8, 4) is 0 Å². The number of anilines is 1. The summed E-state index contributed by atoms with van der Waals surface area (Å²) in [6, 6.07) is 19.4. The Morgan fingerprint density at radius 1 is 0.933 bits per heavy atom. The molecule has 0 bridgehead atoms. The molecule has 3 aromatic rings. The van der Waals surface area contributed by atoms with Gasteiger partial charge in [0.2, 0.25) is 0 Å². The number of fused-ring (bicyclic) bond motifs is 1. The van der Waals surface area contributed by atoms with Crippen molar-refractivity contribution in [1.29, 1.82) is 0 Å². The van der Waals surface area contributed by atoms with Crippen LogP contribution in [0.1, 0.15) is 42.2 Å². The lowest BCUT2D eigenvalue weighted by molar-refractivity contribution is 0.0472. The van der Waals surface area contributed by atoms with Gasteiger partial charge in [0.25, 0.3) is 11.8 Å². The van der Waals surface area contributed by atoms with E-state index in [1.54, 1.807) is 23.9 Å². The van der Waals surface area contributed by atoms with Gasteiger partial charge in [-0.15, -0.1) is 11.8 Å². The van der Waals surface area contributed by atoms with Gasteiger partial charge in [0.05, 0.1) is 22.4 Å².